The van der Waals surface area contributed by atoms with E-state index in [9.17, 15) is 0 Å². The molecule has 0 amide bonds. The number of hydrogen-bond acceptors (Lipinski definition) is 4. The van der Waals surface area contributed by atoms with Gasteiger partial charge < -0.3 is 9.47 Å². The highest BCUT2D eigenvalue weighted by Crippen LogP contribution is 2.31. The Morgan fingerprint density at radius 3 is 1.20 bits per heavy atom. The van der Waals surface area contributed by atoms with E-state index in [0.29, 0.717) is 23.3 Å². The number of fused-ring (bicyclic) bond motifs is 2. The van der Waals surface area contributed by atoms with Crippen LogP contribution < -0.4 is 9.47 Å². The van der Waals surface area contributed by atoms with Gasteiger partial charge in [-0.1, -0.05) is 60.7 Å². The molecule has 1 aliphatic heterocycles. The van der Waals surface area contributed by atoms with E-state index in [4.69, 9.17) is 19.5 Å². The first kappa shape index (κ1) is 17.9. The standard InChI is InChI=1S/C26H18N2O2/c1-3-11-19(12-4-1)29-25-21-15-7-9-17-23(21)28-26(30-20-13-5-2-6-14-20)22-16-8-10-18-24(22)27-25/h1-18H. The second-order valence-corrected chi connectivity index (χ2v) is 6.70. The molecule has 0 N–H and O–H groups in total. The van der Waals surface area contributed by atoms with Gasteiger partial charge in [0.1, 0.15) is 11.5 Å². The Hall–Kier alpha value is -4.18. The molecule has 30 heavy (non-hydrogen) atoms. The largest absolute Gasteiger partial charge is 0.438 e. The summed E-state index contributed by atoms with van der Waals surface area (Å²) in [6.07, 6.45) is 0. The summed E-state index contributed by atoms with van der Waals surface area (Å²) in [7, 11) is 0. The molecule has 0 radical (unpaired) electrons. The zero-order valence-corrected chi connectivity index (χ0v) is 16.1. The van der Waals surface area contributed by atoms with Crippen molar-refractivity contribution in [3.63, 3.8) is 0 Å². The van der Waals surface area contributed by atoms with Gasteiger partial charge in [-0.25, -0.2) is 9.98 Å². The topological polar surface area (TPSA) is 43.2 Å². The molecule has 0 bridgehead atoms. The van der Waals surface area contributed by atoms with Crippen LogP contribution in [0.5, 0.6) is 11.5 Å². The van der Waals surface area contributed by atoms with E-state index in [-0.39, 0.29) is 0 Å². The average Bonchev–Trinajstić information content (AvgIpc) is 2.79. The van der Waals surface area contributed by atoms with Crippen LogP contribution in [0.25, 0.3) is 0 Å². The molecule has 5 rings (SSSR count). The molecule has 0 saturated heterocycles. The Morgan fingerprint density at radius 2 is 0.767 bits per heavy atom. The lowest BCUT2D eigenvalue weighted by Crippen LogP contribution is -2.16. The fraction of sp³-hybridized carbons (Fsp3) is 0. The molecule has 0 spiro atoms. The molecule has 4 heteroatoms. The van der Waals surface area contributed by atoms with Crippen LogP contribution in [0.2, 0.25) is 0 Å². The van der Waals surface area contributed by atoms with Crippen LogP contribution in [-0.2, 0) is 0 Å². The second kappa shape index (κ2) is 8.05. The second-order valence-electron chi connectivity index (χ2n) is 6.70. The molecule has 0 saturated carbocycles. The van der Waals surface area contributed by atoms with Crippen LogP contribution in [0.15, 0.2) is 119 Å². The maximum atomic E-state index is 6.17. The lowest BCUT2D eigenvalue weighted by Gasteiger charge is -2.17. The van der Waals surface area contributed by atoms with Gasteiger partial charge in [0.15, 0.2) is 0 Å². The predicted octanol–water partition coefficient (Wildman–Crippen LogP) is 6.31. The van der Waals surface area contributed by atoms with Gasteiger partial charge in [0, 0.05) is 0 Å². The van der Waals surface area contributed by atoms with Gasteiger partial charge in [-0.05, 0) is 48.5 Å². The van der Waals surface area contributed by atoms with Gasteiger partial charge in [-0.15, -0.1) is 0 Å². The molecule has 4 aromatic carbocycles. The van der Waals surface area contributed by atoms with Crippen LogP contribution in [0, 0.1) is 0 Å². The number of nitrogens with zero attached hydrogens (tertiary/aromatic N) is 2. The van der Waals surface area contributed by atoms with Crippen molar-refractivity contribution in [3.8, 4) is 11.5 Å². The van der Waals surface area contributed by atoms with Crippen LogP contribution in [-0.4, -0.2) is 11.8 Å². The van der Waals surface area contributed by atoms with Crippen molar-refractivity contribution in [2.24, 2.45) is 9.98 Å². The van der Waals surface area contributed by atoms with Crippen molar-refractivity contribution in [1.29, 1.82) is 0 Å². The lowest BCUT2D eigenvalue weighted by molar-refractivity contribution is 0.548. The lowest BCUT2D eigenvalue weighted by atomic mass is 10.1. The molecule has 4 nitrogen and oxygen atoms in total. The molecule has 0 aliphatic carbocycles. The van der Waals surface area contributed by atoms with E-state index in [1.807, 2.05) is 109 Å². The Kier molecular flexibility index (Phi) is 4.80. The maximum absolute atomic E-state index is 6.17. The Balaban J connectivity index is 1.65. The Morgan fingerprint density at radius 1 is 0.400 bits per heavy atom. The monoisotopic (exact) mass is 390 g/mol. The number of para-hydroxylation sites is 4. The van der Waals surface area contributed by atoms with E-state index in [1.165, 1.54) is 0 Å². The first-order valence-electron chi connectivity index (χ1n) is 9.69. The minimum absolute atomic E-state index is 0.492. The molecule has 0 atom stereocenters. The maximum Gasteiger partial charge on any atom is 0.229 e. The van der Waals surface area contributed by atoms with Gasteiger partial charge in [0.2, 0.25) is 11.8 Å². The summed E-state index contributed by atoms with van der Waals surface area (Å²) < 4.78 is 12.3. The van der Waals surface area contributed by atoms with E-state index in [2.05, 4.69) is 0 Å². The van der Waals surface area contributed by atoms with Crippen LogP contribution in [0.1, 0.15) is 11.1 Å². The van der Waals surface area contributed by atoms with Crippen LogP contribution in [0.4, 0.5) is 11.4 Å². The third kappa shape index (κ3) is 3.71. The molecular formula is C26H18N2O2. The highest BCUT2D eigenvalue weighted by atomic mass is 16.5. The van der Waals surface area contributed by atoms with Crippen LogP contribution in [0.3, 0.4) is 0 Å². The number of ether oxygens (including phenoxy) is 2. The number of hydrogen-bond donors (Lipinski definition) is 0. The Labute approximate surface area is 174 Å². The number of aliphatic imine (C=N–C) groups is 2. The quantitative estimate of drug-likeness (QED) is 0.402. The van der Waals surface area contributed by atoms with Crippen molar-refractivity contribution in [3.05, 3.63) is 120 Å². The minimum Gasteiger partial charge on any atom is -0.438 e. The zero-order valence-electron chi connectivity index (χ0n) is 16.1. The Bertz CT molecular complexity index is 1130. The highest BCUT2D eigenvalue weighted by molar-refractivity contribution is 6.09. The summed E-state index contributed by atoms with van der Waals surface area (Å²) in [5.74, 6) is 2.42. The predicted molar refractivity (Wildman–Crippen MR) is 119 cm³/mol. The third-order valence-electron chi connectivity index (χ3n) is 4.63. The number of benzene rings is 4. The smallest absolute Gasteiger partial charge is 0.229 e. The van der Waals surface area contributed by atoms with Gasteiger partial charge in [-0.3, -0.25) is 0 Å². The first-order chi connectivity index (χ1) is 14.9. The fourth-order valence-corrected chi connectivity index (χ4v) is 3.20. The summed E-state index contributed by atoms with van der Waals surface area (Å²) in [6.45, 7) is 0. The summed E-state index contributed by atoms with van der Waals surface area (Å²) in [4.78, 5) is 9.72. The average molecular weight is 390 g/mol. The molecule has 0 unspecified atom stereocenters. The molecule has 4 aromatic rings. The zero-order chi connectivity index (χ0) is 20.2. The normalized spacial score (nSPS) is 12.4. The highest BCUT2D eigenvalue weighted by Gasteiger charge is 2.20. The van der Waals surface area contributed by atoms with E-state index < -0.39 is 0 Å². The summed E-state index contributed by atoms with van der Waals surface area (Å²) in [6, 6.07) is 34.8. The van der Waals surface area contributed by atoms with Gasteiger partial charge in [0.25, 0.3) is 0 Å². The molecular weight excluding hydrogens is 372 g/mol. The van der Waals surface area contributed by atoms with Crippen molar-refractivity contribution in [2.45, 2.75) is 0 Å². The fourth-order valence-electron chi connectivity index (χ4n) is 3.20. The molecule has 1 aliphatic rings. The van der Waals surface area contributed by atoms with Crippen LogP contribution >= 0.6 is 0 Å². The van der Waals surface area contributed by atoms with Gasteiger partial charge >= 0.3 is 0 Å². The molecule has 1 heterocycles. The molecule has 0 aromatic heterocycles. The number of rotatable bonds is 2. The van der Waals surface area contributed by atoms with E-state index in [0.717, 1.165) is 22.5 Å². The summed E-state index contributed by atoms with van der Waals surface area (Å²) in [5.41, 5.74) is 3.05. The van der Waals surface area contributed by atoms with E-state index in [1.54, 1.807) is 0 Å². The van der Waals surface area contributed by atoms with Gasteiger partial charge in [-0.2, -0.15) is 0 Å². The summed E-state index contributed by atoms with van der Waals surface area (Å²) >= 11 is 0. The van der Waals surface area contributed by atoms with Gasteiger partial charge in [0.05, 0.1) is 22.5 Å². The van der Waals surface area contributed by atoms with Crippen molar-refractivity contribution in [1.82, 2.24) is 0 Å². The minimum atomic E-state index is 0.492. The van der Waals surface area contributed by atoms with Crippen molar-refractivity contribution >= 4 is 23.2 Å². The van der Waals surface area contributed by atoms with Crippen molar-refractivity contribution < 1.29 is 9.47 Å². The molecule has 144 valence electrons. The summed E-state index contributed by atoms with van der Waals surface area (Å²) in [5, 5.41) is 0. The van der Waals surface area contributed by atoms with E-state index >= 15 is 0 Å². The first-order valence-corrected chi connectivity index (χ1v) is 9.69. The molecule has 0 fully saturated rings. The SMILES string of the molecule is c1ccc(OC2=Nc3ccccc3C(Oc3ccccc3)=Nc3ccccc32)cc1. The third-order valence-corrected chi connectivity index (χ3v) is 4.63. The van der Waals surface area contributed by atoms with Crippen molar-refractivity contribution in [2.75, 3.05) is 0 Å².